The van der Waals surface area contributed by atoms with E-state index in [1.807, 2.05) is 0 Å². The normalized spacial score (nSPS) is 18.2. The predicted octanol–water partition coefficient (Wildman–Crippen LogP) is 4.44. The van der Waals surface area contributed by atoms with Gasteiger partial charge in [0.25, 0.3) is 0 Å². The summed E-state index contributed by atoms with van der Waals surface area (Å²) in [5.74, 6) is 1.02. The Morgan fingerprint density at radius 2 is 1.88 bits per heavy atom. The van der Waals surface area contributed by atoms with Gasteiger partial charge in [0.05, 0.1) is 0 Å². The van der Waals surface area contributed by atoms with E-state index in [1.165, 1.54) is 36.8 Å². The lowest BCUT2D eigenvalue weighted by Crippen LogP contribution is -2.17. The van der Waals surface area contributed by atoms with Crippen LogP contribution in [0.15, 0.2) is 24.3 Å². The van der Waals surface area contributed by atoms with Crippen molar-refractivity contribution in [3.8, 4) is 0 Å². The largest absolute Gasteiger partial charge is 0.299 e. The van der Waals surface area contributed by atoms with Crippen LogP contribution in [0.2, 0.25) is 0 Å². The minimum atomic E-state index is 0.127. The van der Waals surface area contributed by atoms with Crippen LogP contribution in [0.3, 0.4) is 0 Å². The standard InChI is InChI=1S/C15H19BrO/c1-11(17)15(13-4-2-3-5-13)14-8-6-12(10-16)7-9-14/h6-9,13,15H,2-5,10H2,1H3/t15-/m0/s1. The SMILES string of the molecule is CC(=O)[C@H](c1ccc(CBr)cc1)C1CCCC1. The third kappa shape index (κ3) is 2.98. The molecule has 0 unspecified atom stereocenters. The molecule has 0 amide bonds. The molecule has 0 N–H and O–H groups in total. The van der Waals surface area contributed by atoms with E-state index in [9.17, 15) is 4.79 Å². The Balaban J connectivity index is 2.22. The summed E-state index contributed by atoms with van der Waals surface area (Å²) in [5.41, 5.74) is 2.47. The van der Waals surface area contributed by atoms with Crippen molar-refractivity contribution < 1.29 is 4.79 Å². The fraction of sp³-hybridized carbons (Fsp3) is 0.533. The molecule has 0 radical (unpaired) electrons. The maximum atomic E-state index is 11.9. The topological polar surface area (TPSA) is 17.1 Å². The Morgan fingerprint density at radius 1 is 1.29 bits per heavy atom. The molecule has 0 aliphatic heterocycles. The Morgan fingerprint density at radius 3 is 2.35 bits per heavy atom. The number of alkyl halides is 1. The molecule has 1 aliphatic carbocycles. The van der Waals surface area contributed by atoms with Gasteiger partial charge in [0.2, 0.25) is 0 Å². The van der Waals surface area contributed by atoms with Crippen molar-refractivity contribution in [1.29, 1.82) is 0 Å². The van der Waals surface area contributed by atoms with Gasteiger partial charge in [0, 0.05) is 11.2 Å². The number of benzene rings is 1. The minimum absolute atomic E-state index is 0.127. The second-order valence-electron chi connectivity index (χ2n) is 5.01. The Bertz CT molecular complexity index is 376. The lowest BCUT2D eigenvalue weighted by molar-refractivity contribution is -0.119. The molecule has 1 aromatic rings. The first-order valence-corrected chi connectivity index (χ1v) is 7.49. The molecule has 1 atom stereocenters. The van der Waals surface area contributed by atoms with E-state index in [2.05, 4.69) is 40.2 Å². The minimum Gasteiger partial charge on any atom is -0.299 e. The molecule has 0 spiro atoms. The van der Waals surface area contributed by atoms with Crippen molar-refractivity contribution in [3.63, 3.8) is 0 Å². The van der Waals surface area contributed by atoms with Gasteiger partial charge in [0.15, 0.2) is 0 Å². The van der Waals surface area contributed by atoms with Gasteiger partial charge in [-0.05, 0) is 36.8 Å². The van der Waals surface area contributed by atoms with Crippen LogP contribution in [0, 0.1) is 5.92 Å². The smallest absolute Gasteiger partial charge is 0.137 e. The van der Waals surface area contributed by atoms with Crippen molar-refractivity contribution in [1.82, 2.24) is 0 Å². The van der Waals surface area contributed by atoms with Gasteiger partial charge >= 0.3 is 0 Å². The van der Waals surface area contributed by atoms with E-state index in [-0.39, 0.29) is 5.92 Å². The first kappa shape index (κ1) is 12.8. The van der Waals surface area contributed by atoms with Crippen LogP contribution >= 0.6 is 15.9 Å². The van der Waals surface area contributed by atoms with Gasteiger partial charge in [-0.2, -0.15) is 0 Å². The molecule has 92 valence electrons. The average Bonchev–Trinajstić information content (AvgIpc) is 2.83. The number of ketones is 1. The van der Waals surface area contributed by atoms with Crippen LogP contribution in [0.5, 0.6) is 0 Å². The summed E-state index contributed by atoms with van der Waals surface area (Å²) in [7, 11) is 0. The highest BCUT2D eigenvalue weighted by Crippen LogP contribution is 2.37. The number of halogens is 1. The maximum absolute atomic E-state index is 11.9. The summed E-state index contributed by atoms with van der Waals surface area (Å²) < 4.78 is 0. The van der Waals surface area contributed by atoms with Gasteiger partial charge in [-0.1, -0.05) is 53.0 Å². The van der Waals surface area contributed by atoms with Gasteiger partial charge in [-0.15, -0.1) is 0 Å². The lowest BCUT2D eigenvalue weighted by Gasteiger charge is -2.21. The van der Waals surface area contributed by atoms with Crippen molar-refractivity contribution >= 4 is 21.7 Å². The molecule has 1 aliphatic rings. The summed E-state index contributed by atoms with van der Waals surface area (Å²) in [6, 6.07) is 8.49. The molecule has 1 nitrogen and oxygen atoms in total. The molecular formula is C15H19BrO. The quantitative estimate of drug-likeness (QED) is 0.750. The highest BCUT2D eigenvalue weighted by Gasteiger charge is 2.29. The number of hydrogen-bond acceptors (Lipinski definition) is 1. The van der Waals surface area contributed by atoms with Gasteiger partial charge in [-0.3, -0.25) is 4.79 Å². The fourth-order valence-corrected chi connectivity index (χ4v) is 3.32. The molecule has 17 heavy (non-hydrogen) atoms. The van der Waals surface area contributed by atoms with Crippen LogP contribution in [0.1, 0.15) is 49.7 Å². The Kier molecular flexibility index (Phi) is 4.38. The highest BCUT2D eigenvalue weighted by atomic mass is 79.9. The average molecular weight is 295 g/mol. The van der Waals surface area contributed by atoms with Crippen LogP contribution < -0.4 is 0 Å². The van der Waals surface area contributed by atoms with E-state index < -0.39 is 0 Å². The molecule has 0 aromatic heterocycles. The van der Waals surface area contributed by atoms with Crippen LogP contribution in [-0.4, -0.2) is 5.78 Å². The molecule has 0 heterocycles. The molecule has 1 fully saturated rings. The number of rotatable bonds is 4. The first-order valence-electron chi connectivity index (χ1n) is 6.37. The third-order valence-corrected chi connectivity index (χ3v) is 4.45. The molecule has 2 heteroatoms. The molecule has 0 saturated heterocycles. The van der Waals surface area contributed by atoms with Crippen LogP contribution in [0.25, 0.3) is 0 Å². The van der Waals surface area contributed by atoms with Crippen molar-refractivity contribution in [2.24, 2.45) is 5.92 Å². The zero-order chi connectivity index (χ0) is 12.3. The number of carbonyl (C=O) groups is 1. The molecule has 2 rings (SSSR count). The zero-order valence-corrected chi connectivity index (χ0v) is 11.9. The predicted molar refractivity (Wildman–Crippen MR) is 74.5 cm³/mol. The molecule has 1 aromatic carbocycles. The zero-order valence-electron chi connectivity index (χ0n) is 10.3. The van der Waals surface area contributed by atoms with E-state index in [0.717, 1.165) is 5.33 Å². The first-order chi connectivity index (χ1) is 8.22. The van der Waals surface area contributed by atoms with Gasteiger partial charge < -0.3 is 0 Å². The summed E-state index contributed by atoms with van der Waals surface area (Å²) >= 11 is 3.45. The number of hydrogen-bond donors (Lipinski definition) is 0. The Labute approximate surface area is 112 Å². The third-order valence-electron chi connectivity index (χ3n) is 3.80. The van der Waals surface area contributed by atoms with E-state index in [1.54, 1.807) is 6.92 Å². The summed E-state index contributed by atoms with van der Waals surface area (Å²) in [5, 5.41) is 0.876. The Hall–Kier alpha value is -0.630. The summed E-state index contributed by atoms with van der Waals surface area (Å²) in [6.07, 6.45) is 5.00. The van der Waals surface area contributed by atoms with Crippen molar-refractivity contribution in [3.05, 3.63) is 35.4 Å². The van der Waals surface area contributed by atoms with Gasteiger partial charge in [0.1, 0.15) is 5.78 Å². The van der Waals surface area contributed by atoms with E-state index >= 15 is 0 Å². The number of carbonyl (C=O) groups excluding carboxylic acids is 1. The maximum Gasteiger partial charge on any atom is 0.137 e. The summed E-state index contributed by atoms with van der Waals surface area (Å²) in [4.78, 5) is 11.9. The van der Waals surface area contributed by atoms with E-state index in [4.69, 9.17) is 0 Å². The van der Waals surface area contributed by atoms with Gasteiger partial charge in [-0.25, -0.2) is 0 Å². The van der Waals surface area contributed by atoms with Crippen LogP contribution in [0.4, 0.5) is 0 Å². The monoisotopic (exact) mass is 294 g/mol. The molecule has 0 bridgehead atoms. The molecular weight excluding hydrogens is 276 g/mol. The van der Waals surface area contributed by atoms with E-state index in [0.29, 0.717) is 11.7 Å². The van der Waals surface area contributed by atoms with Crippen molar-refractivity contribution in [2.75, 3.05) is 0 Å². The lowest BCUT2D eigenvalue weighted by atomic mass is 9.82. The second-order valence-corrected chi connectivity index (χ2v) is 5.57. The van der Waals surface area contributed by atoms with Crippen molar-refractivity contribution in [2.45, 2.75) is 43.9 Å². The number of Topliss-reactive ketones (excluding diaryl/α,β-unsaturated/α-hetero) is 1. The van der Waals surface area contributed by atoms with Crippen LogP contribution in [-0.2, 0) is 10.1 Å². The molecule has 1 saturated carbocycles. The fourth-order valence-electron chi connectivity index (χ4n) is 2.94. The highest BCUT2D eigenvalue weighted by molar-refractivity contribution is 9.08. The second kappa shape index (κ2) is 5.81. The summed E-state index contributed by atoms with van der Waals surface area (Å²) in [6.45, 7) is 1.74.